The molecule has 1 N–H and O–H groups in total. The van der Waals surface area contributed by atoms with Crippen molar-refractivity contribution in [1.29, 1.82) is 0 Å². The van der Waals surface area contributed by atoms with Gasteiger partial charge in [0.25, 0.3) is 0 Å². The van der Waals surface area contributed by atoms with Crippen molar-refractivity contribution in [3.05, 3.63) is 41.8 Å². The van der Waals surface area contributed by atoms with Crippen LogP contribution in [0.1, 0.15) is 5.69 Å². The molecule has 16 heavy (non-hydrogen) atoms. The number of imidazole rings is 1. The molecule has 0 saturated carbocycles. The van der Waals surface area contributed by atoms with Gasteiger partial charge in [0.1, 0.15) is 11.2 Å². The Morgan fingerprint density at radius 3 is 3.19 bits per heavy atom. The van der Waals surface area contributed by atoms with E-state index in [1.807, 2.05) is 35.0 Å². The molecule has 0 radical (unpaired) electrons. The van der Waals surface area contributed by atoms with Crippen LogP contribution in [0.4, 0.5) is 5.13 Å². The second-order valence-electron chi connectivity index (χ2n) is 3.30. The molecule has 0 spiro atoms. The molecule has 6 heteroatoms. The van der Waals surface area contributed by atoms with E-state index in [0.717, 1.165) is 16.5 Å². The molecule has 0 aliphatic carbocycles. The van der Waals surface area contributed by atoms with Gasteiger partial charge in [-0.25, -0.2) is 4.98 Å². The highest BCUT2D eigenvalue weighted by Crippen LogP contribution is 2.10. The van der Waals surface area contributed by atoms with Gasteiger partial charge >= 0.3 is 0 Å². The molecular weight excluding hydrogens is 222 g/mol. The predicted molar refractivity (Wildman–Crippen MR) is 62.4 cm³/mol. The van der Waals surface area contributed by atoms with Crippen LogP contribution < -0.4 is 5.32 Å². The molecule has 5 nitrogen and oxygen atoms in total. The molecule has 0 aromatic carbocycles. The summed E-state index contributed by atoms with van der Waals surface area (Å²) >= 11 is 1.48. The summed E-state index contributed by atoms with van der Waals surface area (Å²) in [5, 5.41) is 11.7. The second-order valence-corrected chi connectivity index (χ2v) is 4.13. The third-order valence-electron chi connectivity index (χ3n) is 2.19. The van der Waals surface area contributed by atoms with E-state index in [9.17, 15) is 0 Å². The van der Waals surface area contributed by atoms with Crippen LogP contribution in [0.25, 0.3) is 5.65 Å². The minimum Gasteiger partial charge on any atom is -0.354 e. The number of nitrogens with one attached hydrogen (secondary N) is 1. The van der Waals surface area contributed by atoms with Gasteiger partial charge in [-0.2, -0.15) is 0 Å². The minimum absolute atomic E-state index is 0.664. The third-order valence-corrected chi connectivity index (χ3v) is 2.84. The molecule has 3 aromatic rings. The number of rotatable bonds is 3. The largest absolute Gasteiger partial charge is 0.354 e. The van der Waals surface area contributed by atoms with Gasteiger partial charge in [0.2, 0.25) is 5.13 Å². The Morgan fingerprint density at radius 1 is 1.38 bits per heavy atom. The Morgan fingerprint density at radius 2 is 2.38 bits per heavy atom. The number of anilines is 1. The number of aromatic nitrogens is 4. The molecule has 0 fully saturated rings. The van der Waals surface area contributed by atoms with Crippen LogP contribution in [-0.4, -0.2) is 19.6 Å². The summed E-state index contributed by atoms with van der Waals surface area (Å²) in [6.07, 6.45) is 3.99. The fourth-order valence-corrected chi connectivity index (χ4v) is 1.93. The molecule has 0 bridgehead atoms. The molecule has 80 valence electrons. The van der Waals surface area contributed by atoms with Gasteiger partial charge in [0.05, 0.1) is 12.2 Å². The Bertz CT molecular complexity index is 553. The fraction of sp³-hybridized carbons (Fsp3) is 0.100. The maximum atomic E-state index is 4.47. The van der Waals surface area contributed by atoms with Gasteiger partial charge in [0, 0.05) is 12.4 Å². The van der Waals surface area contributed by atoms with Crippen LogP contribution in [0.15, 0.2) is 36.1 Å². The van der Waals surface area contributed by atoms with E-state index in [-0.39, 0.29) is 0 Å². The van der Waals surface area contributed by atoms with Crippen LogP contribution in [0.2, 0.25) is 0 Å². The minimum atomic E-state index is 0.664. The van der Waals surface area contributed by atoms with Crippen molar-refractivity contribution < 1.29 is 0 Å². The average Bonchev–Trinajstić information content (AvgIpc) is 2.95. The SMILES string of the molecule is c1ccn2cc(CNc3nncs3)nc2c1. The first-order valence-corrected chi connectivity index (χ1v) is 5.72. The molecule has 0 amide bonds. The van der Waals surface area contributed by atoms with E-state index in [0.29, 0.717) is 6.54 Å². The van der Waals surface area contributed by atoms with Crippen molar-refractivity contribution in [3.8, 4) is 0 Å². The van der Waals surface area contributed by atoms with E-state index >= 15 is 0 Å². The fourth-order valence-electron chi connectivity index (χ4n) is 1.49. The van der Waals surface area contributed by atoms with E-state index in [1.54, 1.807) is 5.51 Å². The smallest absolute Gasteiger partial charge is 0.205 e. The van der Waals surface area contributed by atoms with E-state index < -0.39 is 0 Å². The molecule has 0 aliphatic rings. The third kappa shape index (κ3) is 1.74. The first-order chi connectivity index (χ1) is 7.92. The Kier molecular flexibility index (Phi) is 2.26. The van der Waals surface area contributed by atoms with Crippen LogP contribution in [0.5, 0.6) is 0 Å². The lowest BCUT2D eigenvalue weighted by atomic mass is 10.5. The highest BCUT2D eigenvalue weighted by atomic mass is 32.1. The number of hydrogen-bond acceptors (Lipinski definition) is 5. The zero-order valence-corrected chi connectivity index (χ0v) is 9.18. The Balaban J connectivity index is 1.79. The maximum Gasteiger partial charge on any atom is 0.205 e. The van der Waals surface area contributed by atoms with Crippen LogP contribution >= 0.6 is 11.3 Å². The van der Waals surface area contributed by atoms with E-state index in [2.05, 4.69) is 20.5 Å². The summed E-state index contributed by atoms with van der Waals surface area (Å²) < 4.78 is 2.00. The van der Waals surface area contributed by atoms with Crippen molar-refractivity contribution in [2.24, 2.45) is 0 Å². The van der Waals surface area contributed by atoms with Crippen LogP contribution in [0, 0.1) is 0 Å². The molecule has 3 aromatic heterocycles. The lowest BCUT2D eigenvalue weighted by Crippen LogP contribution is -1.98. The van der Waals surface area contributed by atoms with Gasteiger partial charge in [-0.15, -0.1) is 10.2 Å². The zero-order valence-electron chi connectivity index (χ0n) is 8.37. The van der Waals surface area contributed by atoms with Crippen LogP contribution in [-0.2, 0) is 6.54 Å². The number of pyridine rings is 1. The van der Waals surface area contributed by atoms with Gasteiger partial charge < -0.3 is 9.72 Å². The van der Waals surface area contributed by atoms with Crippen LogP contribution in [0.3, 0.4) is 0 Å². The quantitative estimate of drug-likeness (QED) is 0.746. The lowest BCUT2D eigenvalue weighted by molar-refractivity contribution is 1.03. The molecule has 0 atom stereocenters. The van der Waals surface area contributed by atoms with Crippen molar-refractivity contribution in [3.63, 3.8) is 0 Å². The Hall–Kier alpha value is -1.95. The van der Waals surface area contributed by atoms with Gasteiger partial charge in [-0.05, 0) is 12.1 Å². The number of hydrogen-bond donors (Lipinski definition) is 1. The molecule has 0 saturated heterocycles. The summed E-state index contributed by atoms with van der Waals surface area (Å²) in [5.41, 5.74) is 3.64. The first-order valence-electron chi connectivity index (χ1n) is 4.84. The van der Waals surface area contributed by atoms with Crippen molar-refractivity contribution in [1.82, 2.24) is 19.6 Å². The average molecular weight is 231 g/mol. The summed E-state index contributed by atoms with van der Waals surface area (Å²) in [6.45, 7) is 0.664. The molecule has 0 aliphatic heterocycles. The topological polar surface area (TPSA) is 55.1 Å². The van der Waals surface area contributed by atoms with Gasteiger partial charge in [-0.1, -0.05) is 17.4 Å². The summed E-state index contributed by atoms with van der Waals surface area (Å²) in [5.74, 6) is 0. The molecule has 3 heterocycles. The van der Waals surface area contributed by atoms with E-state index in [4.69, 9.17) is 0 Å². The first kappa shape index (κ1) is 9.29. The molecule has 0 unspecified atom stereocenters. The summed E-state index contributed by atoms with van der Waals surface area (Å²) in [6, 6.07) is 5.94. The molecule has 3 rings (SSSR count). The van der Waals surface area contributed by atoms with Gasteiger partial charge in [0.15, 0.2) is 0 Å². The van der Waals surface area contributed by atoms with Gasteiger partial charge in [-0.3, -0.25) is 0 Å². The number of fused-ring (bicyclic) bond motifs is 1. The van der Waals surface area contributed by atoms with Crippen molar-refractivity contribution >= 4 is 22.1 Å². The standard InChI is InChI=1S/C10H9N5S/c1-2-4-15-6-8(13-9(15)3-1)5-11-10-14-12-7-16-10/h1-4,6-7H,5H2,(H,11,14). The van der Waals surface area contributed by atoms with Crippen molar-refractivity contribution in [2.45, 2.75) is 6.54 Å². The predicted octanol–water partition coefficient (Wildman–Crippen LogP) is 1.80. The van der Waals surface area contributed by atoms with Crippen molar-refractivity contribution in [2.75, 3.05) is 5.32 Å². The number of nitrogens with zero attached hydrogens (tertiary/aromatic N) is 4. The van der Waals surface area contributed by atoms with E-state index in [1.165, 1.54) is 11.3 Å². The second kappa shape index (κ2) is 3.90. The highest BCUT2D eigenvalue weighted by molar-refractivity contribution is 7.13. The maximum absolute atomic E-state index is 4.47. The summed E-state index contributed by atoms with van der Waals surface area (Å²) in [4.78, 5) is 4.47. The molecular formula is C10H9N5S. The lowest BCUT2D eigenvalue weighted by Gasteiger charge is -1.96. The monoisotopic (exact) mass is 231 g/mol. The zero-order chi connectivity index (χ0) is 10.8. The highest BCUT2D eigenvalue weighted by Gasteiger charge is 2.01. The Labute approximate surface area is 95.8 Å². The normalized spacial score (nSPS) is 10.8. The summed E-state index contributed by atoms with van der Waals surface area (Å²) in [7, 11) is 0.